The van der Waals surface area contributed by atoms with E-state index in [9.17, 15) is 0 Å². The Balaban J connectivity index is 1.95. The molecule has 0 aliphatic heterocycles. The summed E-state index contributed by atoms with van der Waals surface area (Å²) in [5.74, 6) is 0. The van der Waals surface area contributed by atoms with E-state index >= 15 is 0 Å². The number of anilines is 1. The van der Waals surface area contributed by atoms with Gasteiger partial charge in [-0.3, -0.25) is 0 Å². The van der Waals surface area contributed by atoms with E-state index in [1.165, 1.54) is 35.8 Å². The molecule has 0 fully saturated rings. The molecule has 1 N–H and O–H groups in total. The first-order valence-corrected chi connectivity index (χ1v) is 8.69. The second-order valence-corrected chi connectivity index (χ2v) is 6.32. The molecule has 0 saturated heterocycles. The zero-order valence-electron chi connectivity index (χ0n) is 13.9. The van der Waals surface area contributed by atoms with Gasteiger partial charge in [0.2, 0.25) is 0 Å². The van der Waals surface area contributed by atoms with Gasteiger partial charge in [-0.05, 0) is 63.0 Å². The molecule has 120 valence electrons. The van der Waals surface area contributed by atoms with E-state index < -0.39 is 0 Å². The van der Waals surface area contributed by atoms with Crippen molar-refractivity contribution in [3.8, 4) is 0 Å². The van der Waals surface area contributed by atoms with Crippen LogP contribution in [-0.2, 0) is 0 Å². The van der Waals surface area contributed by atoms with E-state index in [4.69, 9.17) is 11.6 Å². The van der Waals surface area contributed by atoms with Gasteiger partial charge in [0.15, 0.2) is 0 Å². The lowest BCUT2D eigenvalue weighted by molar-refractivity contribution is 0.295. The topological polar surface area (TPSA) is 15.3 Å². The third kappa shape index (κ3) is 4.62. The molecule has 0 spiro atoms. The smallest absolute Gasteiger partial charge is 0.0421 e. The third-order valence-electron chi connectivity index (χ3n) is 4.25. The van der Waals surface area contributed by atoms with Crippen molar-refractivity contribution in [2.75, 3.05) is 25.0 Å². The summed E-state index contributed by atoms with van der Waals surface area (Å²) in [5, 5.41) is 6.87. The first kappa shape index (κ1) is 17.1. The number of nitrogens with zero attached hydrogens (tertiary/aromatic N) is 1. The summed E-state index contributed by atoms with van der Waals surface area (Å²) in [5.41, 5.74) is 1.20. The molecule has 0 aliphatic rings. The molecule has 0 heterocycles. The highest BCUT2D eigenvalue weighted by molar-refractivity contribution is 6.31. The summed E-state index contributed by atoms with van der Waals surface area (Å²) in [6, 6.07) is 12.9. The highest BCUT2D eigenvalue weighted by Gasteiger charge is 2.07. The van der Waals surface area contributed by atoms with Gasteiger partial charge in [0, 0.05) is 22.1 Å². The number of fused-ring (bicyclic) bond motifs is 1. The normalized spacial score (nSPS) is 12.8. The lowest BCUT2D eigenvalue weighted by Gasteiger charge is -2.21. The van der Waals surface area contributed by atoms with E-state index in [1.54, 1.807) is 0 Å². The Morgan fingerprint density at radius 3 is 2.64 bits per heavy atom. The first-order chi connectivity index (χ1) is 10.6. The van der Waals surface area contributed by atoms with Crippen LogP contribution in [0.3, 0.4) is 0 Å². The van der Waals surface area contributed by atoms with Crippen molar-refractivity contribution in [1.29, 1.82) is 0 Å². The van der Waals surface area contributed by atoms with Crippen molar-refractivity contribution in [1.82, 2.24) is 4.90 Å². The molecular formula is C19H27ClN2. The van der Waals surface area contributed by atoms with E-state index in [0.717, 1.165) is 18.1 Å². The highest BCUT2D eigenvalue weighted by Crippen LogP contribution is 2.26. The average molecular weight is 319 g/mol. The molecule has 0 amide bonds. The highest BCUT2D eigenvalue weighted by atomic mass is 35.5. The van der Waals surface area contributed by atoms with Gasteiger partial charge in [0.1, 0.15) is 0 Å². The molecular weight excluding hydrogens is 292 g/mol. The molecule has 0 radical (unpaired) electrons. The zero-order valence-corrected chi connectivity index (χ0v) is 14.7. The summed E-state index contributed by atoms with van der Waals surface area (Å²) >= 11 is 6.08. The van der Waals surface area contributed by atoms with Gasteiger partial charge in [-0.15, -0.1) is 0 Å². The Hall–Kier alpha value is -1.25. The van der Waals surface area contributed by atoms with Crippen LogP contribution in [0.5, 0.6) is 0 Å². The summed E-state index contributed by atoms with van der Waals surface area (Å²) in [6.07, 6.45) is 2.41. The fourth-order valence-corrected chi connectivity index (χ4v) is 3.06. The van der Waals surface area contributed by atoms with Gasteiger partial charge >= 0.3 is 0 Å². The minimum absolute atomic E-state index is 0.469. The predicted octanol–water partition coefficient (Wildman–Crippen LogP) is 5.42. The van der Waals surface area contributed by atoms with E-state index in [0.29, 0.717) is 6.04 Å². The van der Waals surface area contributed by atoms with Gasteiger partial charge in [0.05, 0.1) is 0 Å². The summed E-state index contributed by atoms with van der Waals surface area (Å²) in [6.45, 7) is 10.2. The van der Waals surface area contributed by atoms with Crippen LogP contribution in [0, 0.1) is 0 Å². The van der Waals surface area contributed by atoms with Crippen LogP contribution in [0.4, 0.5) is 5.69 Å². The van der Waals surface area contributed by atoms with Gasteiger partial charge < -0.3 is 10.2 Å². The van der Waals surface area contributed by atoms with Crippen LogP contribution in [0.15, 0.2) is 36.4 Å². The van der Waals surface area contributed by atoms with Crippen LogP contribution in [0.25, 0.3) is 10.8 Å². The summed E-state index contributed by atoms with van der Waals surface area (Å²) < 4.78 is 0. The fourth-order valence-electron chi connectivity index (χ4n) is 2.88. The standard InChI is InChI=1S/C19H27ClN2/c1-4-22(5-2)13-7-8-15(3)21-19-10-6-9-16-14-17(20)11-12-18(16)19/h6,9-12,14-15,21H,4-5,7-8,13H2,1-3H3/t15-/m1/s1. The second kappa shape index (κ2) is 8.40. The van der Waals surface area contributed by atoms with E-state index in [2.05, 4.69) is 55.3 Å². The molecule has 1 atom stereocenters. The van der Waals surface area contributed by atoms with Gasteiger partial charge in [-0.25, -0.2) is 0 Å². The van der Waals surface area contributed by atoms with Crippen molar-refractivity contribution >= 4 is 28.1 Å². The number of nitrogens with one attached hydrogen (secondary N) is 1. The number of hydrogen-bond acceptors (Lipinski definition) is 2. The fraction of sp³-hybridized carbons (Fsp3) is 0.474. The third-order valence-corrected chi connectivity index (χ3v) is 4.49. The van der Waals surface area contributed by atoms with Crippen LogP contribution in [0.1, 0.15) is 33.6 Å². The summed E-state index contributed by atoms with van der Waals surface area (Å²) in [7, 11) is 0. The number of benzene rings is 2. The van der Waals surface area contributed by atoms with Crippen LogP contribution >= 0.6 is 11.6 Å². The maximum absolute atomic E-state index is 6.08. The molecule has 0 bridgehead atoms. The van der Waals surface area contributed by atoms with E-state index in [1.807, 2.05) is 12.1 Å². The molecule has 0 aliphatic carbocycles. The Kier molecular flexibility index (Phi) is 6.53. The number of hydrogen-bond donors (Lipinski definition) is 1. The predicted molar refractivity (Wildman–Crippen MR) is 99.1 cm³/mol. The van der Waals surface area contributed by atoms with Crippen molar-refractivity contribution < 1.29 is 0 Å². The molecule has 2 aromatic rings. The molecule has 0 saturated carbocycles. The lowest BCUT2D eigenvalue weighted by atomic mass is 10.1. The molecule has 0 aromatic heterocycles. The van der Waals surface area contributed by atoms with Crippen molar-refractivity contribution in [2.45, 2.75) is 39.7 Å². The maximum atomic E-state index is 6.08. The Bertz CT molecular complexity index is 593. The number of rotatable bonds is 8. The monoisotopic (exact) mass is 318 g/mol. The molecule has 2 nitrogen and oxygen atoms in total. The minimum Gasteiger partial charge on any atom is -0.382 e. The Labute approximate surface area is 139 Å². The molecule has 3 heteroatoms. The number of halogens is 1. The zero-order chi connectivity index (χ0) is 15.9. The van der Waals surface area contributed by atoms with Gasteiger partial charge in [0.25, 0.3) is 0 Å². The lowest BCUT2D eigenvalue weighted by Crippen LogP contribution is -2.25. The first-order valence-electron chi connectivity index (χ1n) is 8.31. The van der Waals surface area contributed by atoms with Crippen molar-refractivity contribution in [3.63, 3.8) is 0 Å². The van der Waals surface area contributed by atoms with Gasteiger partial charge in [-0.2, -0.15) is 0 Å². The molecule has 0 unspecified atom stereocenters. The minimum atomic E-state index is 0.469. The molecule has 22 heavy (non-hydrogen) atoms. The summed E-state index contributed by atoms with van der Waals surface area (Å²) in [4.78, 5) is 2.48. The van der Waals surface area contributed by atoms with Crippen molar-refractivity contribution in [3.05, 3.63) is 41.4 Å². The van der Waals surface area contributed by atoms with E-state index in [-0.39, 0.29) is 0 Å². The second-order valence-electron chi connectivity index (χ2n) is 5.89. The average Bonchev–Trinajstić information content (AvgIpc) is 2.51. The van der Waals surface area contributed by atoms with Gasteiger partial charge in [-0.1, -0.05) is 43.6 Å². The van der Waals surface area contributed by atoms with Crippen LogP contribution in [-0.4, -0.2) is 30.6 Å². The van der Waals surface area contributed by atoms with Crippen LogP contribution in [0.2, 0.25) is 5.02 Å². The van der Waals surface area contributed by atoms with Crippen LogP contribution < -0.4 is 5.32 Å². The Morgan fingerprint density at radius 2 is 1.91 bits per heavy atom. The Morgan fingerprint density at radius 1 is 1.14 bits per heavy atom. The molecule has 2 rings (SSSR count). The SMILES string of the molecule is CCN(CC)CCC[C@@H](C)Nc1cccc2cc(Cl)ccc12. The maximum Gasteiger partial charge on any atom is 0.0421 e. The largest absolute Gasteiger partial charge is 0.382 e. The molecule has 2 aromatic carbocycles. The quantitative estimate of drug-likeness (QED) is 0.699. The van der Waals surface area contributed by atoms with Crippen molar-refractivity contribution in [2.24, 2.45) is 0 Å².